The third kappa shape index (κ3) is 4.97. The van der Waals surface area contributed by atoms with Gasteiger partial charge in [-0.2, -0.15) is 13.2 Å². The van der Waals surface area contributed by atoms with E-state index in [1.807, 2.05) is 6.07 Å². The molecular formula is C34H25ClF3N3O5S2. The molecule has 3 heterocycles. The Morgan fingerprint density at radius 3 is 2.44 bits per heavy atom. The largest absolute Gasteiger partial charge is 0.483 e. The summed E-state index contributed by atoms with van der Waals surface area (Å²) in [5.74, 6) is -2.84. The Morgan fingerprint density at radius 1 is 0.979 bits per heavy atom. The Balaban J connectivity index is 1.13. The van der Waals surface area contributed by atoms with E-state index in [1.165, 1.54) is 34.9 Å². The fraction of sp³-hybridized carbons (Fsp3) is 0.294. The lowest BCUT2D eigenvalue weighted by molar-refractivity contribution is -0.137. The van der Waals surface area contributed by atoms with Crippen LogP contribution >= 0.6 is 34.7 Å². The zero-order valence-electron chi connectivity index (χ0n) is 24.7. The summed E-state index contributed by atoms with van der Waals surface area (Å²) < 4.78 is 46.5. The second-order valence-electron chi connectivity index (χ2n) is 12.4. The van der Waals surface area contributed by atoms with Crippen LogP contribution in [0, 0.1) is 29.6 Å². The van der Waals surface area contributed by atoms with Gasteiger partial charge in [-0.1, -0.05) is 53.3 Å². The number of nitrogens with one attached hydrogen (secondary N) is 2. The van der Waals surface area contributed by atoms with Crippen LogP contribution in [0.15, 0.2) is 82.6 Å². The lowest BCUT2D eigenvalue weighted by atomic mass is 9.68. The number of para-hydroxylation sites is 2. The third-order valence-electron chi connectivity index (χ3n) is 9.91. The van der Waals surface area contributed by atoms with Crippen molar-refractivity contribution >= 4 is 63.8 Å². The van der Waals surface area contributed by atoms with E-state index in [9.17, 15) is 32.3 Å². The Hall–Kier alpha value is -4.07. The maximum absolute atomic E-state index is 14.0. The molecule has 3 aromatic carbocycles. The molecular weight excluding hydrogens is 687 g/mol. The molecule has 3 fully saturated rings. The smallest absolute Gasteiger partial charge is 0.418 e. The number of fused-ring (bicyclic) bond motifs is 9. The highest BCUT2D eigenvalue weighted by Gasteiger charge is 2.70. The van der Waals surface area contributed by atoms with Crippen molar-refractivity contribution in [2.24, 2.45) is 29.6 Å². The highest BCUT2D eigenvalue weighted by molar-refractivity contribution is 8.00. The topological polar surface area (TPSA) is 109 Å². The van der Waals surface area contributed by atoms with Gasteiger partial charge in [0.2, 0.25) is 11.8 Å². The molecule has 48 heavy (non-hydrogen) atoms. The van der Waals surface area contributed by atoms with Gasteiger partial charge in [0.05, 0.1) is 33.8 Å². The number of ether oxygens (including phenoxy) is 1. The molecule has 0 spiro atoms. The van der Waals surface area contributed by atoms with Crippen molar-refractivity contribution in [3.63, 3.8) is 0 Å². The number of amides is 3. The Bertz CT molecular complexity index is 2040. The van der Waals surface area contributed by atoms with E-state index in [1.54, 1.807) is 42.5 Å². The molecule has 7 atom stereocenters. The van der Waals surface area contributed by atoms with Gasteiger partial charge in [-0.25, -0.2) is 0 Å². The van der Waals surface area contributed by atoms with Crippen molar-refractivity contribution in [3.05, 3.63) is 103 Å². The molecule has 4 aliphatic rings. The first kappa shape index (κ1) is 31.2. The SMILES string of the molecule is O=C(COc1ccc(Cl)cc1[C@@H]1c2sc(=O)[nH]c2S[C@@H]2[C@@H]3C[C@@H]([C@@H]4C(=O)N(c5ccccc5)C(=O)[C@@H]34)[C@H]12)Nc1ccccc1C(F)(F)F. The van der Waals surface area contributed by atoms with E-state index < -0.39 is 42.0 Å². The van der Waals surface area contributed by atoms with Crippen LogP contribution in [0.25, 0.3) is 0 Å². The first-order valence-corrected chi connectivity index (χ1v) is 17.3. The fourth-order valence-corrected chi connectivity index (χ4v) is 11.3. The van der Waals surface area contributed by atoms with Gasteiger partial charge < -0.3 is 15.0 Å². The first-order valence-electron chi connectivity index (χ1n) is 15.2. The van der Waals surface area contributed by atoms with Crippen molar-refractivity contribution in [1.82, 2.24) is 4.98 Å². The summed E-state index contributed by atoms with van der Waals surface area (Å²) in [4.78, 5) is 58.2. The third-order valence-corrected chi connectivity index (χ3v) is 12.7. The average molecular weight is 712 g/mol. The van der Waals surface area contributed by atoms with Crippen LogP contribution in [0.3, 0.4) is 0 Å². The normalized spacial score (nSPS) is 27.1. The molecule has 246 valence electrons. The van der Waals surface area contributed by atoms with E-state index in [-0.39, 0.29) is 51.1 Å². The molecule has 2 aliphatic carbocycles. The van der Waals surface area contributed by atoms with Gasteiger partial charge in [-0.3, -0.25) is 24.1 Å². The van der Waals surface area contributed by atoms with Crippen molar-refractivity contribution in [3.8, 4) is 5.75 Å². The number of imide groups is 1. The van der Waals surface area contributed by atoms with Gasteiger partial charge in [-0.15, -0.1) is 11.8 Å². The van der Waals surface area contributed by atoms with Gasteiger partial charge in [-0.05, 0) is 66.6 Å². The summed E-state index contributed by atoms with van der Waals surface area (Å²) in [6, 6.07) is 18.5. The van der Waals surface area contributed by atoms with E-state index >= 15 is 0 Å². The van der Waals surface area contributed by atoms with E-state index in [0.717, 1.165) is 22.3 Å². The highest BCUT2D eigenvalue weighted by atomic mass is 35.5. The molecule has 0 radical (unpaired) electrons. The number of aromatic amines is 1. The van der Waals surface area contributed by atoms with Crippen LogP contribution in [0.2, 0.25) is 5.02 Å². The molecule has 3 amide bonds. The number of carbonyl (C=O) groups is 3. The molecule has 2 aliphatic heterocycles. The lowest BCUT2D eigenvalue weighted by Gasteiger charge is -2.43. The van der Waals surface area contributed by atoms with Crippen LogP contribution in [-0.4, -0.2) is 34.6 Å². The molecule has 1 aromatic heterocycles. The van der Waals surface area contributed by atoms with Gasteiger partial charge >= 0.3 is 11.0 Å². The second kappa shape index (κ2) is 11.5. The number of hydrogen-bond donors (Lipinski definition) is 2. The number of nitrogens with zero attached hydrogens (tertiary/aromatic N) is 1. The number of H-pyrrole nitrogens is 1. The van der Waals surface area contributed by atoms with Crippen LogP contribution in [0.4, 0.5) is 24.5 Å². The van der Waals surface area contributed by atoms with Crippen molar-refractivity contribution < 1.29 is 32.3 Å². The minimum Gasteiger partial charge on any atom is -0.483 e. The number of anilines is 2. The first-order chi connectivity index (χ1) is 23.0. The molecule has 8 nitrogen and oxygen atoms in total. The number of halogens is 4. The van der Waals surface area contributed by atoms with Crippen LogP contribution in [-0.2, 0) is 20.6 Å². The molecule has 4 aromatic rings. The van der Waals surface area contributed by atoms with E-state index in [2.05, 4.69) is 10.3 Å². The zero-order valence-corrected chi connectivity index (χ0v) is 27.1. The number of alkyl halides is 3. The molecule has 0 unspecified atom stereocenters. The number of carbonyl (C=O) groups excluding carboxylic acids is 3. The molecule has 8 rings (SSSR count). The summed E-state index contributed by atoms with van der Waals surface area (Å²) in [5.41, 5.74) is -0.232. The lowest BCUT2D eigenvalue weighted by Crippen LogP contribution is -2.42. The summed E-state index contributed by atoms with van der Waals surface area (Å²) in [7, 11) is 0. The molecule has 2 N–H and O–H groups in total. The Kier molecular flexibility index (Phi) is 7.49. The summed E-state index contributed by atoms with van der Waals surface area (Å²) >= 11 is 9.12. The van der Waals surface area contributed by atoms with Crippen molar-refractivity contribution in [1.29, 1.82) is 0 Å². The Morgan fingerprint density at radius 2 is 1.69 bits per heavy atom. The van der Waals surface area contributed by atoms with E-state index in [0.29, 0.717) is 27.7 Å². The predicted octanol–water partition coefficient (Wildman–Crippen LogP) is 6.80. The van der Waals surface area contributed by atoms with Crippen molar-refractivity contribution in [2.75, 3.05) is 16.8 Å². The van der Waals surface area contributed by atoms with Crippen molar-refractivity contribution in [2.45, 2.75) is 28.8 Å². The molecule has 2 bridgehead atoms. The minimum atomic E-state index is -4.66. The maximum atomic E-state index is 14.0. The second-order valence-corrected chi connectivity index (χ2v) is 15.0. The van der Waals surface area contributed by atoms with E-state index in [4.69, 9.17) is 16.3 Å². The van der Waals surface area contributed by atoms with Gasteiger partial charge in [0.25, 0.3) is 5.91 Å². The summed E-state index contributed by atoms with van der Waals surface area (Å²) in [6.45, 7) is -0.595. The maximum Gasteiger partial charge on any atom is 0.418 e. The molecule has 1 saturated heterocycles. The quantitative estimate of drug-likeness (QED) is 0.213. The van der Waals surface area contributed by atoms with Crippen LogP contribution in [0.5, 0.6) is 5.75 Å². The molecule has 14 heteroatoms. The number of aromatic nitrogens is 1. The van der Waals surface area contributed by atoms with Gasteiger partial charge in [0.15, 0.2) is 6.61 Å². The number of hydrogen-bond acceptors (Lipinski definition) is 7. The highest BCUT2D eigenvalue weighted by Crippen LogP contribution is 2.69. The number of thiazole rings is 1. The fourth-order valence-electron chi connectivity index (χ4n) is 8.26. The monoisotopic (exact) mass is 711 g/mol. The number of rotatable bonds is 6. The summed E-state index contributed by atoms with van der Waals surface area (Å²) in [6.07, 6.45) is -3.99. The average Bonchev–Trinajstić information content (AvgIpc) is 3.79. The number of thioether (sulfide) groups is 1. The number of benzene rings is 3. The van der Waals surface area contributed by atoms with Crippen LogP contribution < -0.4 is 19.8 Å². The summed E-state index contributed by atoms with van der Waals surface area (Å²) in [5, 5.41) is 3.26. The molecule has 2 saturated carbocycles. The Labute approximate surface area is 284 Å². The van der Waals surface area contributed by atoms with Gasteiger partial charge in [0, 0.05) is 26.6 Å². The standard InChI is InChI=1S/C34H25ClF3N3O5S2/c35-15-10-11-22(46-14-23(42)39-21-9-5-4-8-20(21)34(36,37)38)17(12-15)24-25-18-13-19(28(25)47-30-29(24)48-33(45)40-30)27-26(18)31(43)41(32(27)44)16-6-2-1-3-7-16/h1-12,18-19,24-28H,13-14H2,(H,39,42)(H,40,45)/t18-,19-,24+,25-,26+,27+,28-/m1/s1. The predicted molar refractivity (Wildman–Crippen MR) is 174 cm³/mol. The van der Waals surface area contributed by atoms with Crippen LogP contribution in [0.1, 0.15) is 28.3 Å². The van der Waals surface area contributed by atoms with Gasteiger partial charge in [0.1, 0.15) is 5.75 Å². The zero-order chi connectivity index (χ0) is 33.5. The minimum absolute atomic E-state index is 0.0968.